The topological polar surface area (TPSA) is 71.1 Å². The van der Waals surface area contributed by atoms with E-state index in [-0.39, 0.29) is 30.7 Å². The molecule has 0 bridgehead atoms. The molecular weight excluding hydrogens is 1000 g/mol. The number of methoxy groups -OCH3 is 2. The summed E-state index contributed by atoms with van der Waals surface area (Å²) < 4.78 is 24.1. The molecule has 0 aromatic carbocycles. The Morgan fingerprint density at radius 2 is 1.00 bits per heavy atom. The SMILES string of the molecule is C.C.COC(=O)/C=C/[C@@H](C)[C@H]1CC[C@H]2[C@@H]3[C@H](O[Si](C)(C)C)C[C@@H]4C[C@H](C)CC[C@]4(C)[C@H]3CC[C@]12C.COC(=O)C(I)C[C@@H](C)[C@H]1CC[C@H]2[C@@H]3[C@H](O[Si](C)(C)C)C[C@@H]4C[C@H](C)CC[C@]4(C)[C@H]3CC[C@]12C. The molecule has 8 saturated carbocycles. The highest BCUT2D eigenvalue weighted by Crippen LogP contribution is 2.71. The van der Waals surface area contributed by atoms with Crippen molar-refractivity contribution in [3.05, 3.63) is 12.2 Å². The molecule has 0 radical (unpaired) electrons. The molecule has 400 valence electrons. The molecule has 0 amide bonds. The highest BCUT2D eigenvalue weighted by atomic mass is 127. The first-order valence-corrected chi connectivity index (χ1v) is 36.1. The molecule has 9 heteroatoms. The van der Waals surface area contributed by atoms with Crippen molar-refractivity contribution in [1.29, 1.82) is 0 Å². The Bertz CT molecular complexity index is 1760. The van der Waals surface area contributed by atoms with Gasteiger partial charge in [-0.1, -0.05) is 112 Å². The van der Waals surface area contributed by atoms with E-state index in [2.05, 4.69) is 123 Å². The predicted molar refractivity (Wildman–Crippen MR) is 303 cm³/mol. The average molecular weight is 1110 g/mol. The zero-order valence-electron chi connectivity index (χ0n) is 45.8. The largest absolute Gasteiger partial charge is 0.468 e. The second-order valence-corrected chi connectivity index (χ2v) is 38.6. The van der Waals surface area contributed by atoms with Crippen molar-refractivity contribution < 1.29 is 27.9 Å². The molecule has 8 rings (SSSR count). The summed E-state index contributed by atoms with van der Waals surface area (Å²) in [6.07, 6.45) is 27.5. The molecule has 0 aliphatic heterocycles. The van der Waals surface area contributed by atoms with Crippen LogP contribution in [0.1, 0.15) is 179 Å². The van der Waals surface area contributed by atoms with E-state index >= 15 is 0 Å². The van der Waals surface area contributed by atoms with Gasteiger partial charge < -0.3 is 18.3 Å². The van der Waals surface area contributed by atoms with E-state index in [0.717, 1.165) is 59.7 Å². The summed E-state index contributed by atoms with van der Waals surface area (Å²) in [5, 5.41) is 0. The van der Waals surface area contributed by atoms with Crippen LogP contribution in [0, 0.1) is 105 Å². The van der Waals surface area contributed by atoms with E-state index in [1.807, 2.05) is 0 Å². The quantitative estimate of drug-likeness (QED) is 0.0675. The number of fused-ring (bicyclic) bond motifs is 10. The Morgan fingerprint density at radius 3 is 1.42 bits per heavy atom. The van der Waals surface area contributed by atoms with Crippen LogP contribution in [0.2, 0.25) is 39.3 Å². The van der Waals surface area contributed by atoms with Crippen molar-refractivity contribution in [2.24, 2.45) is 105 Å². The standard InChI is InChI=1S/C29H51IO3Si.C29H50O3Si.2CH4/c1-18-11-13-28(3)20(15-18)17-25(33-34(6,7)8)26-22-10-9-21(29(22,4)14-12-23(26)28)19(2)16-24(30)27(31)32-5;1-19-13-15-28(3)21(17-19)18-25(32-33(6,7)8)27-23-11-10-22(20(2)9-12-26(30)31-5)29(23,4)16-14-24(27)28;;/h18-26H,9-17H2,1-8H3;9,12,19-25,27H,10-11,13-18H2,1-8H3;2*1H4/b;12-9+;;/t18-,19-,20+,21-,22+,23+,24?,25-,26+,28+,29-;19-,20-,21+,22-,23+,24+,25-,27+,28+,29-;;/m11../s1. The molecule has 69 heavy (non-hydrogen) atoms. The first-order valence-electron chi connectivity index (χ1n) is 28.0. The van der Waals surface area contributed by atoms with Crippen molar-refractivity contribution >= 4 is 51.2 Å². The smallest absolute Gasteiger partial charge is 0.330 e. The summed E-state index contributed by atoms with van der Waals surface area (Å²) in [5.74, 6) is 10.1. The number of ether oxygens (including phenoxy) is 2. The maximum absolute atomic E-state index is 12.1. The lowest BCUT2D eigenvalue weighted by Gasteiger charge is -2.63. The zero-order valence-corrected chi connectivity index (χ0v) is 50.0. The lowest BCUT2D eigenvalue weighted by molar-refractivity contribution is -0.164. The van der Waals surface area contributed by atoms with Gasteiger partial charge in [0.2, 0.25) is 0 Å². The van der Waals surface area contributed by atoms with Gasteiger partial charge in [-0.3, -0.25) is 4.79 Å². The van der Waals surface area contributed by atoms with Gasteiger partial charge in [-0.05, 0) is 240 Å². The average Bonchev–Trinajstić information content (AvgIpc) is 3.79. The van der Waals surface area contributed by atoms with E-state index in [1.54, 1.807) is 6.08 Å². The number of alkyl halides is 1. The molecule has 0 aromatic rings. The Balaban J connectivity index is 0.000000250. The molecule has 1 unspecified atom stereocenters. The number of esters is 2. The van der Waals surface area contributed by atoms with E-state index < -0.39 is 16.6 Å². The first-order chi connectivity index (χ1) is 31.2. The predicted octanol–water partition coefficient (Wildman–Crippen LogP) is 16.9. The maximum atomic E-state index is 12.1. The summed E-state index contributed by atoms with van der Waals surface area (Å²) in [6.45, 7) is 34.6. The number of allylic oxidation sites excluding steroid dienone is 1. The van der Waals surface area contributed by atoms with Gasteiger partial charge in [0, 0.05) is 18.3 Å². The number of halogens is 1. The fourth-order valence-corrected chi connectivity index (χ4v) is 22.4. The minimum absolute atomic E-state index is 0. The third-order valence-corrected chi connectivity index (χ3v) is 25.1. The number of carbonyl (C=O) groups excluding carboxylic acids is 2. The van der Waals surface area contributed by atoms with Crippen molar-refractivity contribution in [3.8, 4) is 0 Å². The molecular formula is C60H109IO6Si2. The van der Waals surface area contributed by atoms with E-state index in [9.17, 15) is 9.59 Å². The monoisotopic (exact) mass is 1110 g/mol. The van der Waals surface area contributed by atoms with Gasteiger partial charge in [0.05, 0.1) is 14.2 Å². The second kappa shape index (κ2) is 22.5. The fraction of sp³-hybridized carbons (Fsp3) is 0.933. The number of carbonyl (C=O) groups is 2. The van der Waals surface area contributed by atoms with E-state index in [1.165, 1.54) is 117 Å². The maximum Gasteiger partial charge on any atom is 0.330 e. The minimum atomic E-state index is -1.62. The van der Waals surface area contributed by atoms with Crippen LogP contribution < -0.4 is 0 Å². The molecule has 8 aliphatic rings. The van der Waals surface area contributed by atoms with Gasteiger partial charge in [0.1, 0.15) is 3.92 Å². The van der Waals surface area contributed by atoms with Gasteiger partial charge in [0.25, 0.3) is 0 Å². The molecule has 8 fully saturated rings. The van der Waals surface area contributed by atoms with Crippen molar-refractivity contribution in [1.82, 2.24) is 0 Å². The van der Waals surface area contributed by atoms with Gasteiger partial charge in [-0.15, -0.1) is 0 Å². The summed E-state index contributed by atoms with van der Waals surface area (Å²) in [7, 11) is -0.247. The summed E-state index contributed by atoms with van der Waals surface area (Å²) in [5.41, 5.74) is 1.76. The molecule has 0 saturated heterocycles. The normalized spacial score (nSPS) is 44.9. The van der Waals surface area contributed by atoms with E-state index in [0.29, 0.717) is 63.5 Å². The molecule has 6 nitrogen and oxygen atoms in total. The summed E-state index contributed by atoms with van der Waals surface area (Å²) in [4.78, 5) is 23.9. The highest BCUT2D eigenvalue weighted by molar-refractivity contribution is 14.1. The third-order valence-electron chi connectivity index (χ3n) is 22.1. The molecule has 0 aromatic heterocycles. The van der Waals surface area contributed by atoms with Gasteiger partial charge in [-0.2, -0.15) is 0 Å². The zero-order chi connectivity index (χ0) is 49.2. The van der Waals surface area contributed by atoms with Crippen LogP contribution in [0.5, 0.6) is 0 Å². The highest BCUT2D eigenvalue weighted by Gasteiger charge is 2.65. The van der Waals surface area contributed by atoms with Gasteiger partial charge in [-0.25, -0.2) is 4.79 Å². The van der Waals surface area contributed by atoms with Crippen LogP contribution in [0.15, 0.2) is 12.2 Å². The Kier molecular flexibility index (Phi) is 19.5. The van der Waals surface area contributed by atoms with Crippen LogP contribution in [0.3, 0.4) is 0 Å². The first kappa shape index (κ1) is 59.6. The Morgan fingerprint density at radius 1 is 0.594 bits per heavy atom. The number of hydrogen-bond acceptors (Lipinski definition) is 6. The van der Waals surface area contributed by atoms with Crippen LogP contribution in [-0.4, -0.2) is 58.9 Å². The van der Waals surface area contributed by atoms with Crippen molar-refractivity contribution in [2.45, 2.75) is 235 Å². The minimum Gasteiger partial charge on any atom is -0.468 e. The lowest BCUT2D eigenvalue weighted by Crippen LogP contribution is -2.60. The Hall–Kier alpha value is -0.236. The molecule has 0 N–H and O–H groups in total. The van der Waals surface area contributed by atoms with Crippen LogP contribution in [-0.2, 0) is 27.9 Å². The molecule has 0 heterocycles. The van der Waals surface area contributed by atoms with Crippen LogP contribution in [0.25, 0.3) is 0 Å². The second-order valence-electron chi connectivity index (χ2n) is 28.2. The number of rotatable bonds is 11. The molecule has 0 spiro atoms. The van der Waals surface area contributed by atoms with Crippen LogP contribution >= 0.6 is 22.6 Å². The molecule has 8 aliphatic carbocycles. The van der Waals surface area contributed by atoms with Crippen molar-refractivity contribution in [3.63, 3.8) is 0 Å². The third kappa shape index (κ3) is 11.9. The van der Waals surface area contributed by atoms with E-state index in [4.69, 9.17) is 18.3 Å². The Labute approximate surface area is 442 Å². The molecule has 21 atom stereocenters. The number of hydrogen-bond donors (Lipinski definition) is 0. The van der Waals surface area contributed by atoms with Crippen LogP contribution in [0.4, 0.5) is 0 Å². The fourth-order valence-electron chi connectivity index (χ4n) is 19.0. The summed E-state index contributed by atoms with van der Waals surface area (Å²) in [6, 6.07) is 0. The lowest BCUT2D eigenvalue weighted by atomic mass is 9.43. The van der Waals surface area contributed by atoms with Gasteiger partial charge >= 0.3 is 11.9 Å². The summed E-state index contributed by atoms with van der Waals surface area (Å²) >= 11 is 2.30. The van der Waals surface area contributed by atoms with Gasteiger partial charge in [0.15, 0.2) is 16.6 Å². The van der Waals surface area contributed by atoms with Crippen molar-refractivity contribution in [2.75, 3.05) is 14.2 Å².